The van der Waals surface area contributed by atoms with Gasteiger partial charge >= 0.3 is 0 Å². The number of aliphatic imine (C=N–C) groups is 1. The van der Waals surface area contributed by atoms with Crippen LogP contribution in [0.25, 0.3) is 6.08 Å². The molecule has 4 rings (SSSR count). The third-order valence-electron chi connectivity index (χ3n) is 4.05. The van der Waals surface area contributed by atoms with Crippen molar-refractivity contribution in [2.75, 3.05) is 6.79 Å². The fraction of sp³-hybridized carbons (Fsp3) is 0.375. The molecule has 2 fully saturated rings. The van der Waals surface area contributed by atoms with Crippen molar-refractivity contribution in [2.24, 2.45) is 4.99 Å². The highest BCUT2D eigenvalue weighted by Crippen LogP contribution is 2.39. The summed E-state index contributed by atoms with van der Waals surface area (Å²) in [7, 11) is 0. The number of amides is 1. The van der Waals surface area contributed by atoms with Crippen molar-refractivity contribution in [1.29, 1.82) is 0 Å². The maximum atomic E-state index is 12.2. The Kier molecular flexibility index (Phi) is 4.07. The summed E-state index contributed by atoms with van der Waals surface area (Å²) in [6.45, 7) is 0.231. The lowest BCUT2D eigenvalue weighted by Gasteiger charge is -2.03. The third kappa shape index (κ3) is 3.12. The summed E-state index contributed by atoms with van der Waals surface area (Å²) in [6, 6.07) is 4.09. The molecule has 1 saturated carbocycles. The van der Waals surface area contributed by atoms with Crippen LogP contribution in [-0.2, 0) is 4.79 Å². The van der Waals surface area contributed by atoms with Gasteiger partial charge in [0.2, 0.25) is 6.79 Å². The highest BCUT2D eigenvalue weighted by molar-refractivity contribution is 9.10. The Balaban J connectivity index is 1.58. The Hall–Kier alpha value is -1.47. The zero-order valence-corrected chi connectivity index (χ0v) is 14.7. The topological polar surface area (TPSA) is 59.9 Å². The number of rotatable bonds is 2. The summed E-state index contributed by atoms with van der Waals surface area (Å²) in [4.78, 5) is 17.4. The number of nitrogens with zero attached hydrogens (tertiary/aromatic N) is 1. The molecule has 1 aliphatic carbocycles. The Labute approximate surface area is 146 Å². The Morgan fingerprint density at radius 3 is 2.78 bits per heavy atom. The summed E-state index contributed by atoms with van der Waals surface area (Å²) in [5.74, 6) is 1.31. The van der Waals surface area contributed by atoms with Crippen molar-refractivity contribution < 1.29 is 14.3 Å². The zero-order valence-electron chi connectivity index (χ0n) is 12.3. The molecule has 7 heteroatoms. The van der Waals surface area contributed by atoms with Crippen molar-refractivity contribution >= 4 is 44.8 Å². The Morgan fingerprint density at radius 1 is 1.26 bits per heavy atom. The number of nitrogens with one attached hydrogen (secondary N) is 1. The number of carbonyl (C=O) groups is 1. The van der Waals surface area contributed by atoms with Gasteiger partial charge in [0.1, 0.15) is 0 Å². The van der Waals surface area contributed by atoms with E-state index in [1.165, 1.54) is 24.6 Å². The van der Waals surface area contributed by atoms with Crippen LogP contribution < -0.4 is 14.8 Å². The van der Waals surface area contributed by atoms with Crippen molar-refractivity contribution in [2.45, 2.75) is 31.7 Å². The molecule has 1 amide bonds. The van der Waals surface area contributed by atoms with Crippen LogP contribution in [0.2, 0.25) is 0 Å². The number of fused-ring (bicyclic) bond motifs is 1. The molecule has 0 radical (unpaired) electrons. The van der Waals surface area contributed by atoms with Crippen LogP contribution in [-0.4, -0.2) is 23.9 Å². The number of thioether (sulfide) groups is 1. The lowest BCUT2D eigenvalue weighted by Crippen LogP contribution is -2.21. The fourth-order valence-electron chi connectivity index (χ4n) is 2.87. The van der Waals surface area contributed by atoms with Gasteiger partial charge < -0.3 is 14.8 Å². The third-order valence-corrected chi connectivity index (χ3v) is 5.66. The van der Waals surface area contributed by atoms with E-state index < -0.39 is 0 Å². The van der Waals surface area contributed by atoms with Gasteiger partial charge in [-0.2, -0.15) is 0 Å². The second-order valence-corrected chi connectivity index (χ2v) is 7.55. The predicted octanol–water partition coefficient (Wildman–Crippen LogP) is 3.68. The lowest BCUT2D eigenvalue weighted by molar-refractivity contribution is -0.115. The van der Waals surface area contributed by atoms with Crippen LogP contribution in [0.5, 0.6) is 11.5 Å². The van der Waals surface area contributed by atoms with Gasteiger partial charge in [-0.25, -0.2) is 0 Å². The predicted molar refractivity (Wildman–Crippen MR) is 93.7 cm³/mol. The summed E-state index contributed by atoms with van der Waals surface area (Å²) in [5, 5.41) is 3.57. The SMILES string of the molecule is O=C1NC(=NC2CCCC2)SC1=Cc1cc2c(cc1Br)OCO2. The molecule has 1 N–H and O–H groups in total. The minimum absolute atomic E-state index is 0.101. The molecule has 0 aromatic heterocycles. The van der Waals surface area contributed by atoms with Crippen LogP contribution in [0.1, 0.15) is 31.2 Å². The number of halogens is 1. The van der Waals surface area contributed by atoms with Crippen molar-refractivity contribution in [3.8, 4) is 11.5 Å². The largest absolute Gasteiger partial charge is 0.454 e. The van der Waals surface area contributed by atoms with Gasteiger partial charge in [0.15, 0.2) is 16.7 Å². The Morgan fingerprint density at radius 2 is 2.00 bits per heavy atom. The van der Waals surface area contributed by atoms with E-state index in [0.717, 1.165) is 22.9 Å². The number of benzene rings is 1. The van der Waals surface area contributed by atoms with E-state index in [0.29, 0.717) is 27.6 Å². The Bertz CT molecular complexity index is 726. The number of amidine groups is 1. The van der Waals surface area contributed by atoms with Crippen molar-refractivity contribution in [3.05, 3.63) is 27.1 Å². The minimum Gasteiger partial charge on any atom is -0.454 e. The van der Waals surface area contributed by atoms with Gasteiger partial charge in [0.25, 0.3) is 5.91 Å². The molecule has 0 spiro atoms. The molecule has 0 unspecified atom stereocenters. The van der Waals surface area contributed by atoms with E-state index in [1.54, 1.807) is 0 Å². The fourth-order valence-corrected chi connectivity index (χ4v) is 4.19. The van der Waals surface area contributed by atoms with Gasteiger partial charge in [0, 0.05) is 4.47 Å². The minimum atomic E-state index is -0.101. The van der Waals surface area contributed by atoms with Crippen LogP contribution in [0.4, 0.5) is 0 Å². The first-order valence-electron chi connectivity index (χ1n) is 7.57. The summed E-state index contributed by atoms with van der Waals surface area (Å²) in [5.41, 5.74) is 0.883. The van der Waals surface area contributed by atoms with Gasteiger partial charge in [-0.3, -0.25) is 9.79 Å². The van der Waals surface area contributed by atoms with Crippen LogP contribution in [0, 0.1) is 0 Å². The molecule has 120 valence electrons. The molecule has 5 nitrogen and oxygen atoms in total. The second-order valence-electron chi connectivity index (χ2n) is 5.66. The first-order valence-corrected chi connectivity index (χ1v) is 9.18. The second kappa shape index (κ2) is 6.20. The van der Waals surface area contributed by atoms with Crippen LogP contribution in [0.3, 0.4) is 0 Å². The average Bonchev–Trinajstić information content (AvgIpc) is 3.23. The zero-order chi connectivity index (χ0) is 15.8. The van der Waals surface area contributed by atoms with Gasteiger partial charge in [-0.1, -0.05) is 28.8 Å². The van der Waals surface area contributed by atoms with E-state index in [1.807, 2.05) is 18.2 Å². The summed E-state index contributed by atoms with van der Waals surface area (Å²) in [6.07, 6.45) is 6.54. The molecule has 1 aromatic rings. The molecule has 23 heavy (non-hydrogen) atoms. The lowest BCUT2D eigenvalue weighted by atomic mass is 10.2. The molecule has 2 heterocycles. The van der Waals surface area contributed by atoms with Crippen LogP contribution >= 0.6 is 27.7 Å². The van der Waals surface area contributed by atoms with Crippen molar-refractivity contribution in [1.82, 2.24) is 5.32 Å². The van der Waals surface area contributed by atoms with E-state index in [2.05, 4.69) is 26.2 Å². The first kappa shape index (κ1) is 15.1. The van der Waals surface area contributed by atoms with E-state index in [4.69, 9.17) is 9.47 Å². The summed E-state index contributed by atoms with van der Waals surface area (Å²) >= 11 is 4.91. The average molecular weight is 395 g/mol. The standard InChI is InChI=1S/C16H15BrN2O3S/c17-11-7-13-12(21-8-22-13)5-9(11)6-14-15(20)19-16(23-14)18-10-3-1-2-4-10/h5-7,10H,1-4,8H2,(H,18,19,20). The molecular formula is C16H15BrN2O3S. The highest BCUT2D eigenvalue weighted by atomic mass is 79.9. The maximum absolute atomic E-state index is 12.2. The maximum Gasteiger partial charge on any atom is 0.264 e. The van der Waals surface area contributed by atoms with Crippen LogP contribution in [0.15, 0.2) is 26.5 Å². The summed E-state index contributed by atoms with van der Waals surface area (Å²) < 4.78 is 11.6. The van der Waals surface area contributed by atoms with Gasteiger partial charge in [-0.15, -0.1) is 0 Å². The molecule has 3 aliphatic rings. The number of hydrogen-bond donors (Lipinski definition) is 1. The molecule has 2 aliphatic heterocycles. The van der Waals surface area contributed by atoms with Crippen molar-refractivity contribution in [3.63, 3.8) is 0 Å². The highest BCUT2D eigenvalue weighted by Gasteiger charge is 2.26. The monoisotopic (exact) mass is 394 g/mol. The van der Waals surface area contributed by atoms with E-state index in [9.17, 15) is 4.79 Å². The smallest absolute Gasteiger partial charge is 0.264 e. The molecule has 0 bridgehead atoms. The first-order chi connectivity index (χ1) is 11.2. The number of hydrogen-bond acceptors (Lipinski definition) is 5. The van der Waals surface area contributed by atoms with E-state index >= 15 is 0 Å². The van der Waals surface area contributed by atoms with Gasteiger partial charge in [-0.05, 0) is 48.4 Å². The molecule has 1 saturated heterocycles. The molecule has 1 aromatic carbocycles. The number of carbonyl (C=O) groups excluding carboxylic acids is 1. The molecule has 0 atom stereocenters. The normalized spacial score (nSPS) is 24.0. The van der Waals surface area contributed by atoms with E-state index in [-0.39, 0.29) is 12.7 Å². The number of ether oxygens (including phenoxy) is 2. The molecular weight excluding hydrogens is 380 g/mol. The van der Waals surface area contributed by atoms with Gasteiger partial charge in [0.05, 0.1) is 10.9 Å². The quantitative estimate of drug-likeness (QED) is 0.777.